The molecule has 0 spiro atoms. The molecule has 0 N–H and O–H groups in total. The smallest absolute Gasteiger partial charge is 0.140 e. The van der Waals surface area contributed by atoms with E-state index in [1.165, 1.54) is 0 Å². The van der Waals surface area contributed by atoms with Gasteiger partial charge in [-0.15, -0.1) is 0 Å². The third-order valence-corrected chi connectivity index (χ3v) is 4.90. The molecule has 1 saturated carbocycles. The topological polar surface area (TPSA) is 17.1 Å². The fraction of sp³-hybridized carbons (Fsp3) is 0.909. The minimum Gasteiger partial charge on any atom is -0.299 e. The minimum atomic E-state index is -0.171. The van der Waals surface area contributed by atoms with Gasteiger partial charge in [-0.2, -0.15) is 12.6 Å². The van der Waals surface area contributed by atoms with E-state index >= 15 is 0 Å². The molecule has 0 amide bonds. The van der Waals surface area contributed by atoms with E-state index < -0.39 is 0 Å². The second-order valence-electron chi connectivity index (χ2n) is 4.84. The highest BCUT2D eigenvalue weighted by Gasteiger charge is 2.56. The molecule has 0 saturated heterocycles. The molecule has 0 radical (unpaired) electrons. The third kappa shape index (κ3) is 1.25. The van der Waals surface area contributed by atoms with E-state index in [4.69, 9.17) is 0 Å². The molecule has 76 valence electrons. The molecule has 1 rings (SSSR count). The van der Waals surface area contributed by atoms with Crippen LogP contribution in [0.25, 0.3) is 0 Å². The number of carbonyl (C=O) groups is 1. The Hall–Kier alpha value is 0.0200. The lowest BCUT2D eigenvalue weighted by Gasteiger charge is -2.40. The Morgan fingerprint density at radius 1 is 1.54 bits per heavy atom. The normalized spacial score (nSPS) is 38.2. The molecule has 2 atom stereocenters. The summed E-state index contributed by atoms with van der Waals surface area (Å²) in [6.45, 7) is 8.71. The minimum absolute atomic E-state index is 0.112. The molecule has 0 aliphatic heterocycles. The average Bonchev–Trinajstić information content (AvgIpc) is 2.21. The molecule has 13 heavy (non-hydrogen) atoms. The quantitative estimate of drug-likeness (QED) is 0.678. The maximum atomic E-state index is 11.9. The highest BCUT2D eigenvalue weighted by atomic mass is 32.1. The van der Waals surface area contributed by atoms with Gasteiger partial charge >= 0.3 is 0 Å². The van der Waals surface area contributed by atoms with E-state index in [1.54, 1.807) is 0 Å². The van der Waals surface area contributed by atoms with E-state index in [2.05, 4.69) is 40.3 Å². The van der Waals surface area contributed by atoms with E-state index in [0.717, 1.165) is 12.8 Å². The number of rotatable bonds is 2. The number of Topliss-reactive ketones (excluding diaryl/α,β-unsaturated/α-hetero) is 1. The van der Waals surface area contributed by atoms with E-state index in [9.17, 15) is 4.79 Å². The predicted molar refractivity (Wildman–Crippen MR) is 59.1 cm³/mol. The number of hydrogen-bond acceptors (Lipinski definition) is 2. The van der Waals surface area contributed by atoms with Gasteiger partial charge < -0.3 is 0 Å². The molecule has 0 heterocycles. The molecule has 1 unspecified atom stereocenters. The molecular formula is C11H20OS. The zero-order chi connectivity index (χ0) is 10.3. The molecule has 2 heteroatoms. The highest BCUT2D eigenvalue weighted by molar-refractivity contribution is 7.80. The Kier molecular flexibility index (Phi) is 2.82. The summed E-state index contributed by atoms with van der Waals surface area (Å²) in [7, 11) is 0. The van der Waals surface area contributed by atoms with Crippen LogP contribution in [0.3, 0.4) is 0 Å². The van der Waals surface area contributed by atoms with Gasteiger partial charge in [-0.05, 0) is 17.8 Å². The lowest BCUT2D eigenvalue weighted by Crippen LogP contribution is -2.41. The first kappa shape index (κ1) is 11.1. The van der Waals surface area contributed by atoms with Gasteiger partial charge in [0, 0.05) is 17.6 Å². The van der Waals surface area contributed by atoms with Gasteiger partial charge in [0.1, 0.15) is 5.78 Å². The van der Waals surface area contributed by atoms with Crippen LogP contribution in [-0.2, 0) is 4.79 Å². The summed E-state index contributed by atoms with van der Waals surface area (Å²) in [6, 6.07) is 0. The van der Waals surface area contributed by atoms with Gasteiger partial charge in [-0.3, -0.25) is 4.79 Å². The Bertz CT molecular complexity index is 216. The van der Waals surface area contributed by atoms with Crippen LogP contribution in [0, 0.1) is 16.7 Å². The van der Waals surface area contributed by atoms with Crippen LogP contribution >= 0.6 is 12.6 Å². The van der Waals surface area contributed by atoms with Crippen LogP contribution in [0.15, 0.2) is 0 Å². The van der Waals surface area contributed by atoms with E-state index in [1.807, 2.05) is 0 Å². The maximum Gasteiger partial charge on any atom is 0.140 e. The molecular weight excluding hydrogens is 180 g/mol. The van der Waals surface area contributed by atoms with Crippen LogP contribution in [0.5, 0.6) is 0 Å². The first-order chi connectivity index (χ1) is 5.92. The van der Waals surface area contributed by atoms with Gasteiger partial charge in [-0.25, -0.2) is 0 Å². The number of thiol groups is 1. The summed E-state index contributed by atoms with van der Waals surface area (Å²) in [6.07, 6.45) is 1.66. The van der Waals surface area contributed by atoms with Crippen molar-refractivity contribution in [1.29, 1.82) is 0 Å². The standard InChI is InChI=1S/C11H20OS/c1-5-11(7-13)9(12)6-8(2)10(11,3)4/h8,13H,5-7H2,1-4H3/t8-,11?/m1/s1. The monoisotopic (exact) mass is 200 g/mol. The van der Waals surface area contributed by atoms with Crippen molar-refractivity contribution >= 4 is 18.4 Å². The summed E-state index contributed by atoms with van der Waals surface area (Å²) in [5.74, 6) is 1.61. The van der Waals surface area contributed by atoms with Crippen LogP contribution in [-0.4, -0.2) is 11.5 Å². The van der Waals surface area contributed by atoms with Crippen LogP contribution in [0.4, 0.5) is 0 Å². The van der Waals surface area contributed by atoms with Crippen LogP contribution < -0.4 is 0 Å². The van der Waals surface area contributed by atoms with Crippen molar-refractivity contribution in [2.75, 3.05) is 5.75 Å². The summed E-state index contributed by atoms with van der Waals surface area (Å²) in [4.78, 5) is 11.9. The van der Waals surface area contributed by atoms with Gasteiger partial charge in [0.05, 0.1) is 0 Å². The van der Waals surface area contributed by atoms with Gasteiger partial charge in [0.15, 0.2) is 0 Å². The zero-order valence-corrected chi connectivity index (χ0v) is 9.95. The summed E-state index contributed by atoms with van der Waals surface area (Å²) in [5.41, 5.74) is -0.0594. The molecule has 0 aromatic heterocycles. The maximum absolute atomic E-state index is 11.9. The Labute approximate surface area is 86.7 Å². The average molecular weight is 200 g/mol. The summed E-state index contributed by atoms with van der Waals surface area (Å²) < 4.78 is 0. The molecule has 1 aliphatic carbocycles. The largest absolute Gasteiger partial charge is 0.299 e. The fourth-order valence-corrected chi connectivity index (χ4v) is 3.42. The van der Waals surface area contributed by atoms with Gasteiger partial charge in [-0.1, -0.05) is 27.7 Å². The van der Waals surface area contributed by atoms with Crippen LogP contribution in [0.2, 0.25) is 0 Å². The SMILES string of the molecule is CCC1(CS)C(=O)C[C@@H](C)C1(C)C. The number of hydrogen-bond donors (Lipinski definition) is 1. The molecule has 1 fully saturated rings. The first-order valence-corrected chi connectivity index (χ1v) is 5.69. The lowest BCUT2D eigenvalue weighted by atomic mass is 9.64. The lowest BCUT2D eigenvalue weighted by molar-refractivity contribution is -0.127. The Balaban J connectivity index is 3.12. The van der Waals surface area contributed by atoms with E-state index in [0.29, 0.717) is 17.5 Å². The molecule has 0 aromatic rings. The third-order valence-electron chi connectivity index (χ3n) is 4.36. The summed E-state index contributed by atoms with van der Waals surface area (Å²) in [5, 5.41) is 0. The molecule has 1 nitrogen and oxygen atoms in total. The molecule has 1 aliphatic rings. The number of ketones is 1. The van der Waals surface area contributed by atoms with Crippen molar-refractivity contribution in [3.63, 3.8) is 0 Å². The van der Waals surface area contributed by atoms with Crippen molar-refractivity contribution in [3.8, 4) is 0 Å². The second-order valence-corrected chi connectivity index (χ2v) is 5.16. The molecule has 0 bridgehead atoms. The Morgan fingerprint density at radius 3 is 2.23 bits per heavy atom. The van der Waals surface area contributed by atoms with Gasteiger partial charge in [0.25, 0.3) is 0 Å². The summed E-state index contributed by atoms with van der Waals surface area (Å²) >= 11 is 4.37. The van der Waals surface area contributed by atoms with Crippen molar-refractivity contribution in [2.24, 2.45) is 16.7 Å². The number of carbonyl (C=O) groups excluding carboxylic acids is 1. The van der Waals surface area contributed by atoms with Gasteiger partial charge in [0.2, 0.25) is 0 Å². The zero-order valence-electron chi connectivity index (χ0n) is 9.05. The molecule has 0 aromatic carbocycles. The van der Waals surface area contributed by atoms with Crippen molar-refractivity contribution in [1.82, 2.24) is 0 Å². The van der Waals surface area contributed by atoms with Crippen LogP contribution in [0.1, 0.15) is 40.5 Å². The van der Waals surface area contributed by atoms with Crippen molar-refractivity contribution in [3.05, 3.63) is 0 Å². The Morgan fingerprint density at radius 2 is 2.08 bits per heavy atom. The van der Waals surface area contributed by atoms with Crippen molar-refractivity contribution in [2.45, 2.75) is 40.5 Å². The van der Waals surface area contributed by atoms with E-state index in [-0.39, 0.29) is 10.8 Å². The second kappa shape index (κ2) is 3.30. The van der Waals surface area contributed by atoms with Crippen molar-refractivity contribution < 1.29 is 4.79 Å². The fourth-order valence-electron chi connectivity index (χ4n) is 2.62. The highest BCUT2D eigenvalue weighted by Crippen LogP contribution is 2.55. The first-order valence-electron chi connectivity index (χ1n) is 5.06. The predicted octanol–water partition coefficient (Wildman–Crippen LogP) is 2.95.